The number of furan rings is 1. The Morgan fingerprint density at radius 2 is 1.91 bits per heavy atom. The van der Waals surface area contributed by atoms with Crippen molar-refractivity contribution in [3.05, 3.63) is 89.5 Å². The van der Waals surface area contributed by atoms with Crippen LogP contribution in [0.5, 0.6) is 11.5 Å². The smallest absolute Gasteiger partial charge is 0.295 e. The van der Waals surface area contributed by atoms with Crippen LogP contribution in [0.3, 0.4) is 0 Å². The Balaban J connectivity index is 1.56. The molecule has 3 heterocycles. The standard InChI is InChI=1S/C27H24N2O6/c1-33-17-9-10-19(22(14-17)34-2)25(30)23-24(21-8-5-13-35-21)29(27(32)26(23)31)12-11-16-15-28-20-7-4-3-6-18(16)20/h3-10,13-15,24,28,30H,11-12H2,1-2H3/b25-23-. The summed E-state index contributed by atoms with van der Waals surface area (Å²) in [6, 6.07) is 15.2. The number of aromatic nitrogens is 1. The van der Waals surface area contributed by atoms with E-state index < -0.39 is 17.7 Å². The first kappa shape index (κ1) is 22.3. The van der Waals surface area contributed by atoms with Gasteiger partial charge in [0.1, 0.15) is 29.1 Å². The number of amides is 1. The van der Waals surface area contributed by atoms with Crippen LogP contribution in [0.15, 0.2) is 77.0 Å². The number of carbonyl (C=O) groups excluding carboxylic acids is 2. The second-order valence-corrected chi connectivity index (χ2v) is 8.18. The summed E-state index contributed by atoms with van der Waals surface area (Å²) in [5, 5.41) is 12.3. The molecule has 5 rings (SSSR count). The van der Waals surface area contributed by atoms with E-state index in [2.05, 4.69) is 4.98 Å². The van der Waals surface area contributed by atoms with Gasteiger partial charge in [-0.3, -0.25) is 9.59 Å². The minimum absolute atomic E-state index is 0.0488. The molecule has 1 saturated heterocycles. The van der Waals surface area contributed by atoms with Crippen molar-refractivity contribution in [3.63, 3.8) is 0 Å². The molecule has 1 aliphatic rings. The number of nitrogens with zero attached hydrogens (tertiary/aromatic N) is 1. The number of aliphatic hydroxyl groups is 1. The van der Waals surface area contributed by atoms with Crippen molar-refractivity contribution in [2.45, 2.75) is 12.5 Å². The fourth-order valence-corrected chi connectivity index (χ4v) is 4.57. The number of aliphatic hydroxyl groups excluding tert-OH is 1. The molecule has 0 aliphatic carbocycles. The van der Waals surface area contributed by atoms with Gasteiger partial charge in [-0.2, -0.15) is 0 Å². The molecule has 4 aromatic rings. The molecule has 8 nitrogen and oxygen atoms in total. The van der Waals surface area contributed by atoms with Gasteiger partial charge in [-0.15, -0.1) is 0 Å². The monoisotopic (exact) mass is 472 g/mol. The second kappa shape index (κ2) is 9.06. The minimum atomic E-state index is -0.873. The number of fused-ring (bicyclic) bond motifs is 1. The van der Waals surface area contributed by atoms with Gasteiger partial charge in [-0.25, -0.2) is 0 Å². The van der Waals surface area contributed by atoms with E-state index in [1.807, 2.05) is 30.5 Å². The molecule has 1 unspecified atom stereocenters. The molecule has 178 valence electrons. The lowest BCUT2D eigenvalue weighted by atomic mass is 9.98. The first-order valence-corrected chi connectivity index (χ1v) is 11.1. The third-order valence-corrected chi connectivity index (χ3v) is 6.31. The Labute approximate surface area is 201 Å². The van der Waals surface area contributed by atoms with Crippen LogP contribution < -0.4 is 9.47 Å². The highest BCUT2D eigenvalue weighted by molar-refractivity contribution is 6.46. The van der Waals surface area contributed by atoms with Crippen molar-refractivity contribution in [3.8, 4) is 11.5 Å². The van der Waals surface area contributed by atoms with E-state index >= 15 is 0 Å². The van der Waals surface area contributed by atoms with Crippen LogP contribution >= 0.6 is 0 Å². The molecule has 0 radical (unpaired) electrons. The average molecular weight is 472 g/mol. The highest BCUT2D eigenvalue weighted by Gasteiger charge is 2.47. The molecule has 2 aromatic carbocycles. The summed E-state index contributed by atoms with van der Waals surface area (Å²) in [6.07, 6.45) is 3.90. The number of ketones is 1. The maximum Gasteiger partial charge on any atom is 0.295 e. The molecule has 1 fully saturated rings. The molecule has 0 bridgehead atoms. The second-order valence-electron chi connectivity index (χ2n) is 8.18. The molecule has 1 atom stereocenters. The third-order valence-electron chi connectivity index (χ3n) is 6.31. The van der Waals surface area contributed by atoms with Gasteiger partial charge in [0.05, 0.1) is 31.6 Å². The first-order chi connectivity index (χ1) is 17.0. The van der Waals surface area contributed by atoms with Gasteiger partial charge in [0, 0.05) is 29.7 Å². The van der Waals surface area contributed by atoms with Crippen molar-refractivity contribution in [1.82, 2.24) is 9.88 Å². The van der Waals surface area contributed by atoms with Crippen LogP contribution in [0.4, 0.5) is 0 Å². The van der Waals surface area contributed by atoms with E-state index in [-0.39, 0.29) is 23.4 Å². The van der Waals surface area contributed by atoms with Crippen molar-refractivity contribution >= 4 is 28.4 Å². The van der Waals surface area contributed by atoms with E-state index in [0.717, 1.165) is 16.5 Å². The molecule has 2 aromatic heterocycles. The van der Waals surface area contributed by atoms with Crippen LogP contribution in [0.1, 0.15) is 22.9 Å². The number of benzene rings is 2. The third kappa shape index (κ3) is 3.82. The molecular formula is C27H24N2O6. The predicted molar refractivity (Wildman–Crippen MR) is 129 cm³/mol. The number of aromatic amines is 1. The maximum atomic E-state index is 13.2. The van der Waals surface area contributed by atoms with Gasteiger partial charge in [-0.1, -0.05) is 18.2 Å². The fraction of sp³-hybridized carbons (Fsp3) is 0.185. The lowest BCUT2D eigenvalue weighted by Gasteiger charge is -2.23. The molecule has 0 saturated carbocycles. The molecule has 1 aliphatic heterocycles. The van der Waals surface area contributed by atoms with Gasteiger partial charge in [0.2, 0.25) is 0 Å². The fourth-order valence-electron chi connectivity index (χ4n) is 4.57. The quantitative estimate of drug-likeness (QED) is 0.234. The number of para-hydroxylation sites is 1. The summed E-state index contributed by atoms with van der Waals surface area (Å²) in [5.74, 6) is -0.581. The van der Waals surface area contributed by atoms with Crippen molar-refractivity contribution in [1.29, 1.82) is 0 Å². The van der Waals surface area contributed by atoms with Gasteiger partial charge in [0.15, 0.2) is 0 Å². The Kier molecular flexibility index (Phi) is 5.78. The van der Waals surface area contributed by atoms with Gasteiger partial charge < -0.3 is 28.9 Å². The van der Waals surface area contributed by atoms with E-state index in [1.54, 1.807) is 30.3 Å². The summed E-state index contributed by atoms with van der Waals surface area (Å²) in [5.41, 5.74) is 2.25. The highest BCUT2D eigenvalue weighted by atomic mass is 16.5. The minimum Gasteiger partial charge on any atom is -0.507 e. The molecular weight excluding hydrogens is 448 g/mol. The number of rotatable bonds is 7. The Bertz CT molecular complexity index is 1430. The number of nitrogens with one attached hydrogen (secondary N) is 1. The highest BCUT2D eigenvalue weighted by Crippen LogP contribution is 2.41. The topological polar surface area (TPSA) is 105 Å². The number of H-pyrrole nitrogens is 1. The predicted octanol–water partition coefficient (Wildman–Crippen LogP) is 4.44. The van der Waals surface area contributed by atoms with Crippen LogP contribution in [0, 0.1) is 0 Å². The lowest BCUT2D eigenvalue weighted by molar-refractivity contribution is -0.140. The molecule has 0 spiro atoms. The number of hydrogen-bond acceptors (Lipinski definition) is 6. The summed E-state index contributed by atoms with van der Waals surface area (Å²) < 4.78 is 16.2. The summed E-state index contributed by atoms with van der Waals surface area (Å²) in [7, 11) is 2.97. The first-order valence-electron chi connectivity index (χ1n) is 11.1. The number of likely N-dealkylation sites (tertiary alicyclic amines) is 1. The SMILES string of the molecule is COc1ccc(/C(O)=C2/C(=O)C(=O)N(CCc3c[nH]c4ccccc34)C2c2ccco2)c(OC)c1. The maximum absolute atomic E-state index is 13.2. The van der Waals surface area contributed by atoms with E-state index in [9.17, 15) is 14.7 Å². The molecule has 8 heteroatoms. The summed E-state index contributed by atoms with van der Waals surface area (Å²) in [6.45, 7) is 0.258. The summed E-state index contributed by atoms with van der Waals surface area (Å²) in [4.78, 5) is 31.1. The lowest BCUT2D eigenvalue weighted by Crippen LogP contribution is -2.31. The van der Waals surface area contributed by atoms with Crippen molar-refractivity contribution in [2.75, 3.05) is 20.8 Å². The number of methoxy groups -OCH3 is 2. The zero-order chi connectivity index (χ0) is 24.5. The molecule has 35 heavy (non-hydrogen) atoms. The van der Waals surface area contributed by atoms with Crippen LogP contribution in [-0.2, 0) is 16.0 Å². The zero-order valence-corrected chi connectivity index (χ0v) is 19.3. The van der Waals surface area contributed by atoms with E-state index in [1.165, 1.54) is 25.4 Å². The van der Waals surface area contributed by atoms with Gasteiger partial charge in [0.25, 0.3) is 11.7 Å². The Hall–Kier alpha value is -4.46. The van der Waals surface area contributed by atoms with Crippen LogP contribution in [0.25, 0.3) is 16.7 Å². The summed E-state index contributed by atoms with van der Waals surface area (Å²) >= 11 is 0. The van der Waals surface area contributed by atoms with E-state index in [4.69, 9.17) is 13.9 Å². The number of ether oxygens (including phenoxy) is 2. The van der Waals surface area contributed by atoms with Gasteiger partial charge >= 0.3 is 0 Å². The van der Waals surface area contributed by atoms with Crippen LogP contribution in [-0.4, -0.2) is 47.4 Å². The molecule has 2 N–H and O–H groups in total. The van der Waals surface area contributed by atoms with E-state index in [0.29, 0.717) is 23.7 Å². The van der Waals surface area contributed by atoms with Crippen LogP contribution in [0.2, 0.25) is 0 Å². The zero-order valence-electron chi connectivity index (χ0n) is 19.3. The van der Waals surface area contributed by atoms with Crippen molar-refractivity contribution < 1.29 is 28.6 Å². The largest absolute Gasteiger partial charge is 0.507 e. The average Bonchev–Trinajstić information content (AvgIpc) is 3.61. The number of hydrogen-bond donors (Lipinski definition) is 2. The Morgan fingerprint density at radius 3 is 2.66 bits per heavy atom. The number of carbonyl (C=O) groups is 2. The molecule has 1 amide bonds. The van der Waals surface area contributed by atoms with Crippen molar-refractivity contribution in [2.24, 2.45) is 0 Å². The normalized spacial score (nSPS) is 17.3. The Morgan fingerprint density at radius 1 is 1.09 bits per heavy atom. The number of Topliss-reactive ketones (excluding diaryl/α,β-unsaturated/α-hetero) is 1. The van der Waals surface area contributed by atoms with Gasteiger partial charge in [-0.05, 0) is 42.3 Å².